The first-order valence-electron chi connectivity index (χ1n) is 9.09. The third kappa shape index (κ3) is 6.41. The number of nitrogens with one attached hydrogen (secondary N) is 1. The molecule has 1 aliphatic heterocycles. The zero-order valence-electron chi connectivity index (χ0n) is 16.9. The van der Waals surface area contributed by atoms with Gasteiger partial charge in [-0.05, 0) is 31.0 Å². The molecular weight excluding hydrogens is 453 g/mol. The van der Waals surface area contributed by atoms with Crippen LogP contribution in [-0.2, 0) is 4.79 Å². The van der Waals surface area contributed by atoms with Crippen molar-refractivity contribution in [3.8, 4) is 0 Å². The second-order valence-electron chi connectivity index (χ2n) is 6.79. The highest BCUT2D eigenvalue weighted by molar-refractivity contribution is 14.0. The number of piperazine rings is 1. The van der Waals surface area contributed by atoms with Crippen molar-refractivity contribution < 1.29 is 4.79 Å². The summed E-state index contributed by atoms with van der Waals surface area (Å²) in [5.74, 6) is 0.776. The normalized spacial score (nSPS) is 14.4. The van der Waals surface area contributed by atoms with Crippen LogP contribution in [0.5, 0.6) is 0 Å². The van der Waals surface area contributed by atoms with Crippen molar-refractivity contribution in [2.75, 3.05) is 58.3 Å². The second kappa shape index (κ2) is 11.2. The molecule has 0 unspecified atom stereocenters. The second-order valence-corrected chi connectivity index (χ2v) is 6.79. The minimum atomic E-state index is -0.00285. The molecule has 1 aliphatic rings. The minimum absolute atomic E-state index is 0. The molecule has 1 amide bonds. The van der Waals surface area contributed by atoms with E-state index < -0.39 is 0 Å². The molecule has 27 heavy (non-hydrogen) atoms. The van der Waals surface area contributed by atoms with E-state index in [0.29, 0.717) is 6.54 Å². The van der Waals surface area contributed by atoms with Crippen molar-refractivity contribution in [2.45, 2.75) is 13.8 Å². The van der Waals surface area contributed by atoms with Gasteiger partial charge in [0.25, 0.3) is 0 Å². The van der Waals surface area contributed by atoms with Gasteiger partial charge in [-0.3, -0.25) is 4.79 Å². The fraction of sp³-hybridized carbons (Fsp3) is 0.500. The van der Waals surface area contributed by atoms with Gasteiger partial charge < -0.3 is 20.0 Å². The highest BCUT2D eigenvalue weighted by Gasteiger charge is 2.21. The molecule has 150 valence electrons. The number of guanidine groups is 1. The summed E-state index contributed by atoms with van der Waals surface area (Å²) in [6.07, 6.45) is 1.80. The van der Waals surface area contributed by atoms with Crippen molar-refractivity contribution in [1.82, 2.24) is 15.1 Å². The Morgan fingerprint density at radius 3 is 2.52 bits per heavy atom. The topological polar surface area (TPSA) is 51.2 Å². The standard InChI is InChI=1S/C20H31N5O.HI/c1-6-10-21-20(22-15-19(26)23(4)5)25-13-11-24(12-14-25)18-9-7-8-16(2)17(18)3;/h6-9H,1,10-15H2,2-5H3,(H,21,22);1H. The molecule has 0 bridgehead atoms. The molecule has 0 aromatic heterocycles. The van der Waals surface area contributed by atoms with E-state index in [4.69, 9.17) is 0 Å². The van der Waals surface area contributed by atoms with Crippen LogP contribution < -0.4 is 10.2 Å². The Labute approximate surface area is 180 Å². The minimum Gasteiger partial charge on any atom is -0.368 e. The number of hydrogen-bond acceptors (Lipinski definition) is 3. The Morgan fingerprint density at radius 2 is 1.93 bits per heavy atom. The first-order chi connectivity index (χ1) is 12.4. The largest absolute Gasteiger partial charge is 0.368 e. The molecule has 1 aromatic carbocycles. The third-order valence-corrected chi connectivity index (χ3v) is 4.76. The number of amides is 1. The van der Waals surface area contributed by atoms with Crippen molar-refractivity contribution in [2.24, 2.45) is 4.99 Å². The monoisotopic (exact) mass is 485 g/mol. The number of aryl methyl sites for hydroxylation is 1. The zero-order chi connectivity index (χ0) is 19.1. The molecule has 1 fully saturated rings. The number of hydrogen-bond donors (Lipinski definition) is 1. The van der Waals surface area contributed by atoms with Crippen LogP contribution in [-0.4, -0.2) is 75.0 Å². The summed E-state index contributed by atoms with van der Waals surface area (Å²) in [7, 11) is 3.50. The number of carbonyl (C=O) groups is 1. The van der Waals surface area contributed by atoms with Crippen LogP contribution >= 0.6 is 24.0 Å². The molecule has 1 saturated heterocycles. The lowest BCUT2D eigenvalue weighted by Gasteiger charge is -2.38. The van der Waals surface area contributed by atoms with Crippen molar-refractivity contribution >= 4 is 41.5 Å². The number of carbonyl (C=O) groups excluding carboxylic acids is 1. The number of aliphatic imine (C=N–C) groups is 1. The summed E-state index contributed by atoms with van der Waals surface area (Å²) in [5.41, 5.74) is 3.98. The Kier molecular flexibility index (Phi) is 9.62. The third-order valence-electron chi connectivity index (χ3n) is 4.76. The number of nitrogens with zero attached hydrogens (tertiary/aromatic N) is 4. The first-order valence-corrected chi connectivity index (χ1v) is 9.09. The summed E-state index contributed by atoms with van der Waals surface area (Å²) in [5, 5.41) is 3.28. The maximum Gasteiger partial charge on any atom is 0.243 e. The highest BCUT2D eigenvalue weighted by atomic mass is 127. The lowest BCUT2D eigenvalue weighted by molar-refractivity contribution is -0.127. The summed E-state index contributed by atoms with van der Waals surface area (Å²) >= 11 is 0. The van der Waals surface area contributed by atoms with Gasteiger partial charge in [-0.1, -0.05) is 18.2 Å². The van der Waals surface area contributed by atoms with Gasteiger partial charge in [0.15, 0.2) is 5.96 Å². The average molecular weight is 485 g/mol. The predicted octanol–water partition coefficient (Wildman–Crippen LogP) is 2.26. The van der Waals surface area contributed by atoms with Gasteiger partial charge in [-0.2, -0.15) is 0 Å². The molecule has 7 heteroatoms. The summed E-state index contributed by atoms with van der Waals surface area (Å²) in [6, 6.07) is 6.47. The van der Waals surface area contributed by atoms with E-state index in [1.54, 1.807) is 25.1 Å². The van der Waals surface area contributed by atoms with Crippen LogP contribution in [0.2, 0.25) is 0 Å². The van der Waals surface area contributed by atoms with E-state index in [9.17, 15) is 4.79 Å². The maximum absolute atomic E-state index is 11.9. The molecule has 0 radical (unpaired) electrons. The van der Waals surface area contributed by atoms with Crippen LogP contribution in [0, 0.1) is 13.8 Å². The van der Waals surface area contributed by atoms with Gasteiger partial charge in [0.1, 0.15) is 6.54 Å². The Balaban J connectivity index is 0.00000364. The number of anilines is 1. The summed E-state index contributed by atoms with van der Waals surface area (Å²) < 4.78 is 0. The molecule has 0 aliphatic carbocycles. The van der Waals surface area contributed by atoms with E-state index in [-0.39, 0.29) is 36.4 Å². The van der Waals surface area contributed by atoms with Crippen LogP contribution in [0.4, 0.5) is 5.69 Å². The average Bonchev–Trinajstić information content (AvgIpc) is 2.64. The number of benzene rings is 1. The molecule has 0 spiro atoms. The molecule has 2 rings (SSSR count). The number of rotatable bonds is 5. The smallest absolute Gasteiger partial charge is 0.243 e. The molecule has 1 aromatic rings. The summed E-state index contributed by atoms with van der Waals surface area (Å²) in [4.78, 5) is 22.6. The molecule has 0 saturated carbocycles. The van der Waals surface area contributed by atoms with Gasteiger partial charge >= 0.3 is 0 Å². The lowest BCUT2D eigenvalue weighted by Crippen LogP contribution is -2.53. The Morgan fingerprint density at radius 1 is 1.26 bits per heavy atom. The number of halogens is 1. The predicted molar refractivity (Wildman–Crippen MR) is 124 cm³/mol. The number of likely N-dealkylation sites (N-methyl/N-ethyl adjacent to an activating group) is 1. The van der Waals surface area contributed by atoms with E-state index in [0.717, 1.165) is 32.1 Å². The molecule has 6 nitrogen and oxygen atoms in total. The van der Waals surface area contributed by atoms with Crippen molar-refractivity contribution in [1.29, 1.82) is 0 Å². The highest BCUT2D eigenvalue weighted by Crippen LogP contribution is 2.23. The van der Waals surface area contributed by atoms with Crippen LogP contribution in [0.15, 0.2) is 35.8 Å². The molecular formula is C20H32IN5O. The van der Waals surface area contributed by atoms with E-state index in [1.165, 1.54) is 16.8 Å². The van der Waals surface area contributed by atoms with Crippen LogP contribution in [0.1, 0.15) is 11.1 Å². The summed E-state index contributed by atoms with van der Waals surface area (Å²) in [6.45, 7) is 12.5. The zero-order valence-corrected chi connectivity index (χ0v) is 19.2. The van der Waals surface area contributed by atoms with E-state index >= 15 is 0 Å². The van der Waals surface area contributed by atoms with Crippen molar-refractivity contribution in [3.63, 3.8) is 0 Å². The molecule has 1 N–H and O–H groups in total. The molecule has 0 atom stereocenters. The van der Waals surface area contributed by atoms with Crippen molar-refractivity contribution in [3.05, 3.63) is 42.0 Å². The van der Waals surface area contributed by atoms with Crippen LogP contribution in [0.25, 0.3) is 0 Å². The maximum atomic E-state index is 11.9. The van der Waals surface area contributed by atoms with Gasteiger partial charge in [-0.25, -0.2) is 4.99 Å². The Bertz CT molecular complexity index is 666. The Hall–Kier alpha value is -1.77. The quantitative estimate of drug-likeness (QED) is 0.301. The van der Waals surface area contributed by atoms with E-state index in [1.807, 2.05) is 0 Å². The first kappa shape index (κ1) is 23.3. The van der Waals surface area contributed by atoms with Gasteiger partial charge in [-0.15, -0.1) is 30.6 Å². The van der Waals surface area contributed by atoms with Gasteiger partial charge in [0.05, 0.1) is 0 Å². The fourth-order valence-electron chi connectivity index (χ4n) is 2.95. The SMILES string of the molecule is C=CCNC(=NCC(=O)N(C)C)N1CCN(c2cccc(C)c2C)CC1.I. The van der Waals surface area contributed by atoms with Gasteiger partial charge in [0.2, 0.25) is 5.91 Å². The van der Waals surface area contributed by atoms with Gasteiger partial charge in [0, 0.05) is 52.5 Å². The van der Waals surface area contributed by atoms with Crippen LogP contribution in [0.3, 0.4) is 0 Å². The fourth-order valence-corrected chi connectivity index (χ4v) is 2.95. The lowest BCUT2D eigenvalue weighted by atomic mass is 10.1. The van der Waals surface area contributed by atoms with E-state index in [2.05, 4.69) is 58.7 Å². The molecule has 1 heterocycles.